The highest BCUT2D eigenvalue weighted by molar-refractivity contribution is 5.69. The summed E-state index contributed by atoms with van der Waals surface area (Å²) < 4.78 is 16.5. The number of hydrogen-bond acceptors (Lipinski definition) is 6. The summed E-state index contributed by atoms with van der Waals surface area (Å²) in [6, 6.07) is 0. The maximum absolute atomic E-state index is 12.8. The maximum atomic E-state index is 12.8. The molecule has 0 fully saturated rings. The van der Waals surface area contributed by atoms with Crippen LogP contribution in [0.5, 0.6) is 0 Å². The molecule has 75 heavy (non-hydrogen) atoms. The van der Waals surface area contributed by atoms with Gasteiger partial charge < -0.3 is 30.2 Å². The van der Waals surface area contributed by atoms with Crippen molar-refractivity contribution in [2.24, 2.45) is 0 Å². The Kier molecular flexibility index (Phi) is 62.5. The standard InChI is InChI=1S/C66H131N3O6/c1-4-7-10-13-16-19-22-25-28-31-34-37-40-43-46-49-52-55-58-67-64(70)73-61-63(75-66(72)69-60-57-54-51-48-45-42-39-36-33-30-27-24-21-18-15-12-9-6-3)62-74-65(71)68-59-56-53-50-47-44-41-38-35-32-29-26-23-20-17-14-11-8-5-2/h63H,4-62H2,1-3H3,(H,67,70)(H,68,71)(H,69,72). The van der Waals surface area contributed by atoms with Crippen molar-refractivity contribution in [2.45, 2.75) is 374 Å². The van der Waals surface area contributed by atoms with Crippen LogP contribution in [0.1, 0.15) is 367 Å². The lowest BCUT2D eigenvalue weighted by Gasteiger charge is -2.19. The Balaban J connectivity index is 4.27. The van der Waals surface area contributed by atoms with Gasteiger partial charge in [-0.3, -0.25) is 0 Å². The van der Waals surface area contributed by atoms with E-state index in [0.717, 1.165) is 38.5 Å². The molecular formula is C66H131N3O6. The third-order valence-electron chi connectivity index (χ3n) is 15.5. The average Bonchev–Trinajstić information content (AvgIpc) is 3.41. The lowest BCUT2D eigenvalue weighted by molar-refractivity contribution is 0.00737. The second kappa shape index (κ2) is 64.3. The highest BCUT2D eigenvalue weighted by Gasteiger charge is 2.19. The molecule has 9 heteroatoms. The fraction of sp³-hybridized carbons (Fsp3) is 0.955. The number of carbonyl (C=O) groups excluding carboxylic acids is 3. The summed E-state index contributed by atoms with van der Waals surface area (Å²) in [5.74, 6) is 0. The zero-order valence-corrected chi connectivity index (χ0v) is 50.7. The zero-order chi connectivity index (χ0) is 54.3. The summed E-state index contributed by atoms with van der Waals surface area (Å²) >= 11 is 0. The van der Waals surface area contributed by atoms with Gasteiger partial charge in [0.1, 0.15) is 13.2 Å². The van der Waals surface area contributed by atoms with Gasteiger partial charge in [0.25, 0.3) is 0 Å². The van der Waals surface area contributed by atoms with Crippen LogP contribution in [0.25, 0.3) is 0 Å². The normalized spacial score (nSPS) is 11.4. The fourth-order valence-electron chi connectivity index (χ4n) is 10.4. The topological polar surface area (TPSA) is 115 Å². The monoisotopic (exact) mass is 1060 g/mol. The number of amides is 3. The Morgan fingerprint density at radius 1 is 0.240 bits per heavy atom. The van der Waals surface area contributed by atoms with Crippen molar-refractivity contribution in [2.75, 3.05) is 32.8 Å². The molecule has 3 amide bonds. The number of rotatable bonds is 62. The summed E-state index contributed by atoms with van der Waals surface area (Å²) in [4.78, 5) is 38.0. The van der Waals surface area contributed by atoms with Gasteiger partial charge in [-0.05, 0) is 19.3 Å². The SMILES string of the molecule is CCCCCCCCCCCCCCCCCCCCNC(=O)OCC(COC(=O)NCCCCCCCCCCCCCCCCCCCC)OC(=O)NCCCCCCCCCCCCCCCCCCCC. The van der Waals surface area contributed by atoms with Gasteiger partial charge in [0.05, 0.1) is 0 Å². The molecule has 0 radical (unpaired) electrons. The Morgan fingerprint density at radius 2 is 0.400 bits per heavy atom. The first-order chi connectivity index (χ1) is 37.0. The lowest BCUT2D eigenvalue weighted by atomic mass is 10.0. The second-order valence-electron chi connectivity index (χ2n) is 23.0. The number of hydrogen-bond donors (Lipinski definition) is 3. The first kappa shape index (κ1) is 72.8. The molecule has 0 aliphatic rings. The lowest BCUT2D eigenvalue weighted by Crippen LogP contribution is -2.38. The summed E-state index contributed by atoms with van der Waals surface area (Å²) in [5, 5.41) is 8.53. The van der Waals surface area contributed by atoms with Gasteiger partial charge in [-0.1, -0.05) is 348 Å². The van der Waals surface area contributed by atoms with E-state index < -0.39 is 24.4 Å². The molecule has 3 N–H and O–H groups in total. The summed E-state index contributed by atoms with van der Waals surface area (Å²) in [5.41, 5.74) is 0. The molecule has 0 aliphatic carbocycles. The third-order valence-corrected chi connectivity index (χ3v) is 15.5. The molecule has 0 rings (SSSR count). The molecule has 0 atom stereocenters. The van der Waals surface area contributed by atoms with Gasteiger partial charge in [-0.25, -0.2) is 14.4 Å². The quantitative estimate of drug-likeness (QED) is 0.0413. The van der Waals surface area contributed by atoms with Crippen LogP contribution < -0.4 is 16.0 Å². The molecule has 0 unspecified atom stereocenters. The average molecular weight is 1060 g/mol. The number of alkyl carbamates (subject to hydrolysis) is 3. The molecule has 0 aliphatic heterocycles. The molecule has 0 aromatic heterocycles. The third kappa shape index (κ3) is 62.5. The van der Waals surface area contributed by atoms with Crippen LogP contribution in [0, 0.1) is 0 Å². The van der Waals surface area contributed by atoms with Crippen LogP contribution in [0.3, 0.4) is 0 Å². The van der Waals surface area contributed by atoms with E-state index in [2.05, 4.69) is 36.7 Å². The van der Waals surface area contributed by atoms with Gasteiger partial charge >= 0.3 is 18.3 Å². The van der Waals surface area contributed by atoms with Crippen LogP contribution in [-0.2, 0) is 14.2 Å². The minimum absolute atomic E-state index is 0.190. The van der Waals surface area contributed by atoms with Crippen molar-refractivity contribution >= 4 is 18.3 Å². The summed E-state index contributed by atoms with van der Waals surface area (Å²) in [7, 11) is 0. The minimum atomic E-state index is -0.906. The van der Waals surface area contributed by atoms with E-state index in [4.69, 9.17) is 14.2 Å². The van der Waals surface area contributed by atoms with Crippen molar-refractivity contribution in [3.63, 3.8) is 0 Å². The Hall–Kier alpha value is -2.19. The molecule has 9 nitrogen and oxygen atoms in total. The van der Waals surface area contributed by atoms with E-state index >= 15 is 0 Å². The van der Waals surface area contributed by atoms with Crippen LogP contribution in [0.2, 0.25) is 0 Å². The van der Waals surface area contributed by atoms with E-state index in [1.807, 2.05) is 0 Å². The molecular weight excluding hydrogens is 931 g/mol. The van der Waals surface area contributed by atoms with Crippen LogP contribution >= 0.6 is 0 Å². The molecule has 0 saturated carbocycles. The number of carbonyl (C=O) groups is 3. The van der Waals surface area contributed by atoms with Crippen LogP contribution in [0.15, 0.2) is 0 Å². The number of nitrogens with one attached hydrogen (secondary N) is 3. The van der Waals surface area contributed by atoms with Crippen LogP contribution in [0.4, 0.5) is 14.4 Å². The Labute approximate surface area is 467 Å². The van der Waals surface area contributed by atoms with Crippen molar-refractivity contribution in [3.8, 4) is 0 Å². The molecule has 0 aromatic rings. The highest BCUT2D eigenvalue weighted by Crippen LogP contribution is 2.18. The number of unbranched alkanes of at least 4 members (excludes halogenated alkanes) is 51. The Bertz CT molecular complexity index is 1080. The minimum Gasteiger partial charge on any atom is -0.445 e. The van der Waals surface area contributed by atoms with Gasteiger partial charge in [0.15, 0.2) is 6.10 Å². The van der Waals surface area contributed by atoms with Crippen molar-refractivity contribution in [1.82, 2.24) is 16.0 Å². The van der Waals surface area contributed by atoms with E-state index in [-0.39, 0.29) is 13.2 Å². The largest absolute Gasteiger partial charge is 0.445 e. The molecule has 0 saturated heterocycles. The molecule has 0 bridgehead atoms. The van der Waals surface area contributed by atoms with Gasteiger partial charge in [0, 0.05) is 19.6 Å². The van der Waals surface area contributed by atoms with Gasteiger partial charge in [-0.15, -0.1) is 0 Å². The van der Waals surface area contributed by atoms with Crippen molar-refractivity contribution in [3.05, 3.63) is 0 Å². The summed E-state index contributed by atoms with van der Waals surface area (Å²) in [6.07, 6.45) is 68.7. The molecule has 0 heterocycles. The van der Waals surface area contributed by atoms with E-state index in [1.165, 1.54) is 308 Å². The number of ether oxygens (including phenoxy) is 3. The molecule has 446 valence electrons. The van der Waals surface area contributed by atoms with Crippen molar-refractivity contribution < 1.29 is 28.6 Å². The van der Waals surface area contributed by atoms with Gasteiger partial charge in [0.2, 0.25) is 0 Å². The predicted octanol–water partition coefficient (Wildman–Crippen LogP) is 21.7. The summed E-state index contributed by atoms with van der Waals surface area (Å²) in [6.45, 7) is 8.08. The van der Waals surface area contributed by atoms with Gasteiger partial charge in [-0.2, -0.15) is 0 Å². The first-order valence-corrected chi connectivity index (χ1v) is 33.8. The molecule has 0 spiro atoms. The van der Waals surface area contributed by atoms with E-state index in [0.29, 0.717) is 19.6 Å². The fourth-order valence-corrected chi connectivity index (χ4v) is 10.4. The highest BCUT2D eigenvalue weighted by atomic mass is 16.6. The van der Waals surface area contributed by atoms with E-state index in [1.54, 1.807) is 0 Å². The van der Waals surface area contributed by atoms with Crippen LogP contribution in [-0.4, -0.2) is 57.2 Å². The maximum Gasteiger partial charge on any atom is 0.407 e. The second-order valence-corrected chi connectivity index (χ2v) is 23.0. The van der Waals surface area contributed by atoms with E-state index in [9.17, 15) is 14.4 Å². The first-order valence-electron chi connectivity index (χ1n) is 33.8. The predicted molar refractivity (Wildman–Crippen MR) is 323 cm³/mol. The Morgan fingerprint density at radius 3 is 0.587 bits per heavy atom. The smallest absolute Gasteiger partial charge is 0.407 e. The molecule has 0 aromatic carbocycles. The zero-order valence-electron chi connectivity index (χ0n) is 50.7. The van der Waals surface area contributed by atoms with Crippen molar-refractivity contribution in [1.29, 1.82) is 0 Å².